The molecule has 1 aliphatic heterocycles. The number of ether oxygens (including phenoxy) is 1. The molecule has 5 rings (SSSR count). The van der Waals surface area contributed by atoms with E-state index in [1.165, 1.54) is 11.3 Å². The molecule has 0 aliphatic carbocycles. The number of piperazine rings is 1. The van der Waals surface area contributed by atoms with Gasteiger partial charge in [0.1, 0.15) is 5.75 Å². The molecule has 0 saturated carbocycles. The number of nitrogens with one attached hydrogen (secondary N) is 2. The van der Waals surface area contributed by atoms with E-state index in [9.17, 15) is 9.59 Å². The van der Waals surface area contributed by atoms with Gasteiger partial charge in [-0.1, -0.05) is 60.7 Å². The van der Waals surface area contributed by atoms with Crippen molar-refractivity contribution in [2.75, 3.05) is 37.7 Å². The summed E-state index contributed by atoms with van der Waals surface area (Å²) in [6, 6.07) is 35.0. The molecule has 8 heteroatoms. The van der Waals surface area contributed by atoms with E-state index in [4.69, 9.17) is 4.74 Å². The molecule has 214 valence electrons. The fourth-order valence-electron chi connectivity index (χ4n) is 4.70. The second-order valence-corrected chi connectivity index (χ2v) is 10.1. The highest BCUT2D eigenvalue weighted by molar-refractivity contribution is 5.94. The molecule has 1 fully saturated rings. The third kappa shape index (κ3) is 8.52. The third-order valence-corrected chi connectivity index (χ3v) is 7.08. The van der Waals surface area contributed by atoms with Gasteiger partial charge in [-0.2, -0.15) is 5.10 Å². The van der Waals surface area contributed by atoms with Gasteiger partial charge in [-0.05, 0) is 65.2 Å². The van der Waals surface area contributed by atoms with Crippen LogP contribution in [0.3, 0.4) is 0 Å². The molecule has 0 radical (unpaired) electrons. The Kier molecular flexibility index (Phi) is 9.94. The summed E-state index contributed by atoms with van der Waals surface area (Å²) in [6.45, 7) is 5.27. The first-order valence-electron chi connectivity index (χ1n) is 14.1. The number of amides is 2. The Bertz CT molecular complexity index is 1450. The highest BCUT2D eigenvalue weighted by atomic mass is 16.5. The summed E-state index contributed by atoms with van der Waals surface area (Å²) < 4.78 is 5.56. The second-order valence-electron chi connectivity index (χ2n) is 10.1. The minimum Gasteiger partial charge on any atom is -0.484 e. The maximum absolute atomic E-state index is 12.6. The van der Waals surface area contributed by atoms with Crippen molar-refractivity contribution in [2.24, 2.45) is 5.10 Å². The molecule has 0 aromatic heterocycles. The fourth-order valence-corrected chi connectivity index (χ4v) is 4.70. The van der Waals surface area contributed by atoms with Crippen LogP contribution in [0.4, 0.5) is 5.69 Å². The van der Waals surface area contributed by atoms with E-state index in [2.05, 4.69) is 49.9 Å². The second kappa shape index (κ2) is 14.6. The van der Waals surface area contributed by atoms with Crippen LogP contribution in [0.2, 0.25) is 0 Å². The highest BCUT2D eigenvalue weighted by Gasteiger charge is 2.17. The van der Waals surface area contributed by atoms with Crippen LogP contribution in [0.15, 0.2) is 114 Å². The van der Waals surface area contributed by atoms with E-state index in [1.54, 1.807) is 30.5 Å². The summed E-state index contributed by atoms with van der Waals surface area (Å²) in [4.78, 5) is 29.5. The van der Waals surface area contributed by atoms with Gasteiger partial charge >= 0.3 is 0 Å². The zero-order chi connectivity index (χ0) is 29.0. The monoisotopic (exact) mass is 561 g/mol. The number of para-hydroxylation sites is 1. The molecule has 1 saturated heterocycles. The Labute approximate surface area is 246 Å². The van der Waals surface area contributed by atoms with Crippen LogP contribution < -0.4 is 20.4 Å². The van der Waals surface area contributed by atoms with Crippen molar-refractivity contribution in [3.8, 4) is 5.75 Å². The van der Waals surface area contributed by atoms with Crippen LogP contribution in [-0.2, 0) is 17.9 Å². The Morgan fingerprint density at radius 1 is 0.762 bits per heavy atom. The summed E-state index contributed by atoms with van der Waals surface area (Å²) in [6.07, 6.45) is 1.57. The minimum atomic E-state index is -0.268. The quantitative estimate of drug-likeness (QED) is 0.209. The molecule has 2 N–H and O–H groups in total. The summed E-state index contributed by atoms with van der Waals surface area (Å²) in [5.41, 5.74) is 7.41. The lowest BCUT2D eigenvalue weighted by Gasteiger charge is -2.36. The largest absolute Gasteiger partial charge is 0.484 e. The zero-order valence-corrected chi connectivity index (χ0v) is 23.5. The summed E-state index contributed by atoms with van der Waals surface area (Å²) in [5.74, 6) is 0.113. The van der Waals surface area contributed by atoms with Gasteiger partial charge in [0, 0.05) is 50.5 Å². The summed E-state index contributed by atoms with van der Waals surface area (Å²) >= 11 is 0. The van der Waals surface area contributed by atoms with E-state index in [-0.39, 0.29) is 18.4 Å². The zero-order valence-electron chi connectivity index (χ0n) is 23.5. The van der Waals surface area contributed by atoms with Crippen molar-refractivity contribution in [1.82, 2.24) is 15.6 Å². The first-order chi connectivity index (χ1) is 20.6. The van der Waals surface area contributed by atoms with E-state index >= 15 is 0 Å². The summed E-state index contributed by atoms with van der Waals surface area (Å²) in [5, 5.41) is 6.91. The standard InChI is InChI=1S/C34H35N5O3/c40-33(35-23-27-7-3-1-4-8-27)26-42-32-17-13-28(14-18-32)24-36-37-34(41)30-15-11-29(12-16-30)25-38-19-21-39(22-20-38)31-9-5-2-6-10-31/h1-18,24H,19-23,25-26H2,(H,35,40)(H,37,41)/b36-24-. The van der Waals surface area contributed by atoms with Crippen molar-refractivity contribution >= 4 is 23.7 Å². The van der Waals surface area contributed by atoms with E-state index in [0.29, 0.717) is 17.9 Å². The van der Waals surface area contributed by atoms with Gasteiger partial charge in [0.15, 0.2) is 6.61 Å². The van der Waals surface area contributed by atoms with Crippen LogP contribution in [0.5, 0.6) is 5.75 Å². The highest BCUT2D eigenvalue weighted by Crippen LogP contribution is 2.17. The number of rotatable bonds is 11. The molecule has 1 heterocycles. The van der Waals surface area contributed by atoms with Crippen LogP contribution in [0.25, 0.3) is 0 Å². The molecule has 1 aliphatic rings. The van der Waals surface area contributed by atoms with Gasteiger partial charge in [0.05, 0.1) is 6.21 Å². The van der Waals surface area contributed by atoms with Gasteiger partial charge in [-0.3, -0.25) is 14.5 Å². The first kappa shape index (κ1) is 28.6. The Morgan fingerprint density at radius 2 is 1.43 bits per heavy atom. The van der Waals surface area contributed by atoms with Gasteiger partial charge in [-0.15, -0.1) is 0 Å². The van der Waals surface area contributed by atoms with Crippen LogP contribution in [0, 0.1) is 0 Å². The number of carbonyl (C=O) groups is 2. The van der Waals surface area contributed by atoms with Gasteiger partial charge in [0.2, 0.25) is 0 Å². The molecule has 0 atom stereocenters. The van der Waals surface area contributed by atoms with Crippen molar-refractivity contribution in [1.29, 1.82) is 0 Å². The summed E-state index contributed by atoms with van der Waals surface area (Å²) in [7, 11) is 0. The number of hydrazone groups is 1. The minimum absolute atomic E-state index is 0.0694. The molecule has 42 heavy (non-hydrogen) atoms. The van der Waals surface area contributed by atoms with Crippen molar-refractivity contribution in [3.63, 3.8) is 0 Å². The topological polar surface area (TPSA) is 86.3 Å². The molecule has 8 nitrogen and oxygen atoms in total. The lowest BCUT2D eigenvalue weighted by molar-refractivity contribution is -0.123. The average Bonchev–Trinajstić information content (AvgIpc) is 3.05. The average molecular weight is 562 g/mol. The van der Waals surface area contributed by atoms with Crippen LogP contribution >= 0.6 is 0 Å². The normalized spacial score (nSPS) is 13.6. The smallest absolute Gasteiger partial charge is 0.271 e. The predicted octanol–water partition coefficient (Wildman–Crippen LogP) is 4.47. The number of hydrogen-bond acceptors (Lipinski definition) is 6. The van der Waals surface area contributed by atoms with E-state index in [0.717, 1.165) is 43.9 Å². The van der Waals surface area contributed by atoms with Crippen molar-refractivity contribution in [2.45, 2.75) is 13.1 Å². The number of nitrogens with zero attached hydrogens (tertiary/aromatic N) is 3. The first-order valence-corrected chi connectivity index (χ1v) is 14.1. The van der Waals surface area contributed by atoms with Crippen LogP contribution in [-0.4, -0.2) is 55.7 Å². The molecule has 0 unspecified atom stereocenters. The molecule has 4 aromatic rings. The lowest BCUT2D eigenvalue weighted by atomic mass is 10.1. The fraction of sp³-hybridized carbons (Fsp3) is 0.206. The molecule has 2 amide bonds. The number of carbonyl (C=O) groups excluding carboxylic acids is 2. The van der Waals surface area contributed by atoms with Crippen molar-refractivity contribution in [3.05, 3.63) is 131 Å². The SMILES string of the molecule is O=C(COc1ccc(/C=N\NC(=O)c2ccc(CN3CCN(c4ccccc4)CC3)cc2)cc1)NCc1ccccc1. The Balaban J connectivity index is 1.01. The Morgan fingerprint density at radius 3 is 2.12 bits per heavy atom. The molecule has 4 aromatic carbocycles. The maximum Gasteiger partial charge on any atom is 0.271 e. The Hall–Kier alpha value is -4.95. The van der Waals surface area contributed by atoms with Gasteiger partial charge < -0.3 is 15.0 Å². The van der Waals surface area contributed by atoms with Gasteiger partial charge in [0.25, 0.3) is 11.8 Å². The van der Waals surface area contributed by atoms with Crippen LogP contribution in [0.1, 0.15) is 27.0 Å². The molecular weight excluding hydrogens is 526 g/mol. The van der Waals surface area contributed by atoms with Crippen molar-refractivity contribution < 1.29 is 14.3 Å². The third-order valence-electron chi connectivity index (χ3n) is 7.08. The number of hydrogen-bond donors (Lipinski definition) is 2. The molecular formula is C34H35N5O3. The molecule has 0 bridgehead atoms. The number of anilines is 1. The molecule has 0 spiro atoms. The van der Waals surface area contributed by atoms with Gasteiger partial charge in [-0.25, -0.2) is 5.43 Å². The predicted molar refractivity (Wildman–Crippen MR) is 166 cm³/mol. The van der Waals surface area contributed by atoms with E-state index in [1.807, 2.05) is 60.7 Å². The lowest BCUT2D eigenvalue weighted by Crippen LogP contribution is -2.45. The maximum atomic E-state index is 12.6. The number of benzene rings is 4. The van der Waals surface area contributed by atoms with E-state index < -0.39 is 0 Å².